The normalized spacial score (nSPS) is 9.83. The van der Waals surface area contributed by atoms with E-state index >= 15 is 0 Å². The van der Waals surface area contributed by atoms with E-state index in [0.717, 1.165) is 4.47 Å². The second-order valence-electron chi connectivity index (χ2n) is 4.57. The molecule has 7 heteroatoms. The van der Waals surface area contributed by atoms with Crippen LogP contribution in [0, 0.1) is 0 Å². The lowest BCUT2D eigenvalue weighted by molar-refractivity contribution is -0.118. The van der Waals surface area contributed by atoms with E-state index in [4.69, 9.17) is 4.74 Å². The third kappa shape index (κ3) is 5.63. The number of rotatable bonds is 5. The van der Waals surface area contributed by atoms with Gasteiger partial charge in [-0.3, -0.25) is 4.79 Å². The predicted molar refractivity (Wildman–Crippen MR) is 92.8 cm³/mol. The number of anilines is 2. The second-order valence-corrected chi connectivity index (χ2v) is 5.49. The summed E-state index contributed by atoms with van der Waals surface area (Å²) in [6, 6.07) is 13.7. The predicted octanol–water partition coefficient (Wildman–Crippen LogP) is 3.22. The summed E-state index contributed by atoms with van der Waals surface area (Å²) in [5.74, 6) is 0.355. The molecule has 0 aliphatic rings. The molecule has 6 nitrogen and oxygen atoms in total. The second kappa shape index (κ2) is 8.19. The highest BCUT2D eigenvalue weighted by molar-refractivity contribution is 9.10. The van der Waals surface area contributed by atoms with Crippen LogP contribution in [-0.4, -0.2) is 25.6 Å². The van der Waals surface area contributed by atoms with Gasteiger partial charge in [0.25, 0.3) is 5.91 Å². The average molecular weight is 378 g/mol. The Kier molecular flexibility index (Phi) is 5.99. The zero-order valence-corrected chi connectivity index (χ0v) is 14.0. The van der Waals surface area contributed by atoms with Gasteiger partial charge in [-0.2, -0.15) is 0 Å². The van der Waals surface area contributed by atoms with Crippen LogP contribution in [0.5, 0.6) is 5.75 Å². The number of urea groups is 1. The molecule has 2 rings (SSSR count). The van der Waals surface area contributed by atoms with E-state index < -0.39 is 0 Å². The maximum absolute atomic E-state index is 11.8. The maximum atomic E-state index is 11.8. The highest BCUT2D eigenvalue weighted by atomic mass is 79.9. The molecule has 0 heterocycles. The topological polar surface area (TPSA) is 79.5 Å². The van der Waals surface area contributed by atoms with Crippen LogP contribution < -0.4 is 20.7 Å². The van der Waals surface area contributed by atoms with E-state index in [1.54, 1.807) is 36.4 Å². The Morgan fingerprint density at radius 3 is 2.09 bits per heavy atom. The zero-order valence-electron chi connectivity index (χ0n) is 12.4. The number of nitrogens with one attached hydrogen (secondary N) is 3. The Morgan fingerprint density at radius 2 is 1.52 bits per heavy atom. The fourth-order valence-corrected chi connectivity index (χ4v) is 1.97. The van der Waals surface area contributed by atoms with Gasteiger partial charge in [-0.1, -0.05) is 15.9 Å². The summed E-state index contributed by atoms with van der Waals surface area (Å²) >= 11 is 3.33. The number of carbonyl (C=O) groups excluding carboxylic acids is 2. The van der Waals surface area contributed by atoms with E-state index in [9.17, 15) is 9.59 Å². The first-order valence-electron chi connectivity index (χ1n) is 6.84. The summed E-state index contributed by atoms with van der Waals surface area (Å²) in [5, 5.41) is 7.81. The Labute approximate surface area is 142 Å². The minimum Gasteiger partial charge on any atom is -0.484 e. The van der Waals surface area contributed by atoms with E-state index in [1.165, 1.54) is 7.05 Å². The van der Waals surface area contributed by atoms with Crippen molar-refractivity contribution in [1.82, 2.24) is 5.32 Å². The van der Waals surface area contributed by atoms with Crippen molar-refractivity contribution in [1.29, 1.82) is 0 Å². The van der Waals surface area contributed by atoms with Gasteiger partial charge in [0.2, 0.25) is 0 Å². The molecule has 0 aromatic heterocycles. The third-order valence-electron chi connectivity index (χ3n) is 2.84. The van der Waals surface area contributed by atoms with Crippen molar-refractivity contribution in [3.8, 4) is 5.75 Å². The first-order valence-corrected chi connectivity index (χ1v) is 7.63. The molecule has 3 N–H and O–H groups in total. The molecule has 0 radical (unpaired) electrons. The van der Waals surface area contributed by atoms with Crippen LogP contribution in [0.3, 0.4) is 0 Å². The van der Waals surface area contributed by atoms with Crippen LogP contribution in [0.15, 0.2) is 53.0 Å². The molecule has 120 valence electrons. The average Bonchev–Trinajstić information content (AvgIpc) is 2.56. The van der Waals surface area contributed by atoms with Gasteiger partial charge in [0, 0.05) is 22.9 Å². The summed E-state index contributed by atoms with van der Waals surface area (Å²) in [6.07, 6.45) is 0. The van der Waals surface area contributed by atoms with Crippen LogP contribution in [0.25, 0.3) is 0 Å². The Morgan fingerprint density at radius 1 is 0.957 bits per heavy atom. The summed E-state index contributed by atoms with van der Waals surface area (Å²) in [5.41, 5.74) is 1.25. The van der Waals surface area contributed by atoms with Crippen molar-refractivity contribution < 1.29 is 14.3 Å². The van der Waals surface area contributed by atoms with Crippen molar-refractivity contribution >= 4 is 39.2 Å². The molecule has 0 aliphatic carbocycles. The monoisotopic (exact) mass is 377 g/mol. The Bertz CT molecular complexity index is 672. The van der Waals surface area contributed by atoms with Gasteiger partial charge in [-0.25, -0.2) is 4.79 Å². The summed E-state index contributed by atoms with van der Waals surface area (Å²) in [7, 11) is 1.54. The van der Waals surface area contributed by atoms with Gasteiger partial charge in [-0.05, 0) is 48.5 Å². The summed E-state index contributed by atoms with van der Waals surface area (Å²) in [6.45, 7) is -0.0835. The van der Waals surface area contributed by atoms with Crippen LogP contribution in [0.1, 0.15) is 0 Å². The van der Waals surface area contributed by atoms with E-state index in [0.29, 0.717) is 17.1 Å². The highest BCUT2D eigenvalue weighted by Gasteiger charge is 2.04. The quantitative estimate of drug-likeness (QED) is 0.748. The van der Waals surface area contributed by atoms with Crippen LogP contribution >= 0.6 is 15.9 Å². The van der Waals surface area contributed by atoms with Crippen LogP contribution in [0.4, 0.5) is 16.2 Å². The molecule has 0 saturated carbocycles. The molecule has 0 aliphatic heterocycles. The van der Waals surface area contributed by atoms with Crippen LogP contribution in [0.2, 0.25) is 0 Å². The van der Waals surface area contributed by atoms with Crippen molar-refractivity contribution in [2.24, 2.45) is 0 Å². The van der Waals surface area contributed by atoms with E-state index in [1.807, 2.05) is 12.1 Å². The molecule has 3 amide bonds. The van der Waals surface area contributed by atoms with Gasteiger partial charge in [0.15, 0.2) is 6.61 Å². The van der Waals surface area contributed by atoms with Crippen LogP contribution in [-0.2, 0) is 4.79 Å². The van der Waals surface area contributed by atoms with Crippen molar-refractivity contribution in [3.63, 3.8) is 0 Å². The molecular formula is C16H16BrN3O3. The van der Waals surface area contributed by atoms with E-state index in [2.05, 4.69) is 31.9 Å². The molecule has 0 unspecified atom stereocenters. The number of benzene rings is 2. The zero-order chi connectivity index (χ0) is 16.7. The SMILES string of the molecule is CNC(=O)Nc1ccc(NC(=O)COc2ccc(Br)cc2)cc1. The lowest BCUT2D eigenvalue weighted by Crippen LogP contribution is -2.24. The molecule has 0 saturated heterocycles. The third-order valence-corrected chi connectivity index (χ3v) is 3.37. The molecular weight excluding hydrogens is 362 g/mol. The number of amides is 3. The molecule has 2 aromatic rings. The minimum atomic E-state index is -0.301. The largest absolute Gasteiger partial charge is 0.484 e. The lowest BCUT2D eigenvalue weighted by atomic mass is 10.3. The van der Waals surface area contributed by atoms with E-state index in [-0.39, 0.29) is 18.5 Å². The van der Waals surface area contributed by atoms with Crippen molar-refractivity contribution in [2.75, 3.05) is 24.3 Å². The van der Waals surface area contributed by atoms with Gasteiger partial charge >= 0.3 is 6.03 Å². The van der Waals surface area contributed by atoms with Gasteiger partial charge in [-0.15, -0.1) is 0 Å². The summed E-state index contributed by atoms with van der Waals surface area (Å²) < 4.78 is 6.33. The smallest absolute Gasteiger partial charge is 0.318 e. The minimum absolute atomic E-state index is 0.0835. The first kappa shape index (κ1) is 16.8. The maximum Gasteiger partial charge on any atom is 0.318 e. The molecule has 0 spiro atoms. The number of halogens is 1. The standard InChI is InChI=1S/C16H16BrN3O3/c1-18-16(22)20-13-6-4-12(5-7-13)19-15(21)10-23-14-8-2-11(17)3-9-14/h2-9H,10H2,1H3,(H,19,21)(H2,18,20,22). The number of hydrogen-bond donors (Lipinski definition) is 3. The van der Waals surface area contributed by atoms with Gasteiger partial charge < -0.3 is 20.7 Å². The van der Waals surface area contributed by atoms with Crippen molar-refractivity contribution in [2.45, 2.75) is 0 Å². The summed E-state index contributed by atoms with van der Waals surface area (Å²) in [4.78, 5) is 23.0. The molecule has 0 bridgehead atoms. The first-order chi connectivity index (χ1) is 11.1. The molecule has 0 atom stereocenters. The molecule has 23 heavy (non-hydrogen) atoms. The molecule has 0 fully saturated rings. The molecule has 2 aromatic carbocycles. The van der Waals surface area contributed by atoms with Gasteiger partial charge in [0.1, 0.15) is 5.75 Å². The number of ether oxygens (including phenoxy) is 1. The van der Waals surface area contributed by atoms with Gasteiger partial charge in [0.05, 0.1) is 0 Å². The Hall–Kier alpha value is -2.54. The Balaban J connectivity index is 1.82. The lowest BCUT2D eigenvalue weighted by Gasteiger charge is -2.09. The fraction of sp³-hybridized carbons (Fsp3) is 0.125. The number of carbonyl (C=O) groups is 2. The number of hydrogen-bond acceptors (Lipinski definition) is 3. The highest BCUT2D eigenvalue weighted by Crippen LogP contribution is 2.16. The fourth-order valence-electron chi connectivity index (χ4n) is 1.71. The van der Waals surface area contributed by atoms with Crippen molar-refractivity contribution in [3.05, 3.63) is 53.0 Å².